The largest absolute Gasteiger partial charge is 0.468 e. The molecule has 0 bridgehead atoms. The Labute approximate surface area is 122 Å². The minimum Gasteiger partial charge on any atom is -0.468 e. The summed E-state index contributed by atoms with van der Waals surface area (Å²) in [6.07, 6.45) is 0.489. The molecular weight excluding hydrogens is 280 g/mol. The quantitative estimate of drug-likeness (QED) is 0.698. The molecule has 0 aromatic carbocycles. The fraction of sp³-hybridized carbons (Fsp3) is 0.538. The molecule has 1 amide bonds. The van der Waals surface area contributed by atoms with Gasteiger partial charge < -0.3 is 18.9 Å². The van der Waals surface area contributed by atoms with Crippen LogP contribution in [0.2, 0.25) is 0 Å². The second kappa shape index (κ2) is 7.41. The van der Waals surface area contributed by atoms with Gasteiger partial charge in [0, 0.05) is 0 Å². The first-order valence-corrected chi connectivity index (χ1v) is 6.32. The van der Waals surface area contributed by atoms with E-state index in [2.05, 4.69) is 14.6 Å². The molecular formula is C13H18N2O6. The van der Waals surface area contributed by atoms with Gasteiger partial charge in [-0.1, -0.05) is 12.1 Å². The van der Waals surface area contributed by atoms with Gasteiger partial charge in [0.2, 0.25) is 0 Å². The Morgan fingerprint density at radius 1 is 1.14 bits per heavy atom. The van der Waals surface area contributed by atoms with E-state index in [0.717, 1.165) is 4.90 Å². The van der Waals surface area contributed by atoms with Crippen LogP contribution >= 0.6 is 0 Å². The van der Waals surface area contributed by atoms with Gasteiger partial charge in [-0.3, -0.25) is 14.4 Å². The van der Waals surface area contributed by atoms with Crippen LogP contribution in [0.25, 0.3) is 0 Å². The van der Waals surface area contributed by atoms with Crippen molar-refractivity contribution in [3.05, 3.63) is 17.0 Å². The van der Waals surface area contributed by atoms with Crippen LogP contribution in [0.4, 0.5) is 0 Å². The van der Waals surface area contributed by atoms with Crippen LogP contribution in [0.15, 0.2) is 4.52 Å². The SMILES string of the molecule is CCc1noc(C)c1C(=O)N(CC(=O)OC)CC(=O)OC. The molecule has 1 rings (SSSR count). The number of hydrogen-bond donors (Lipinski definition) is 0. The fourth-order valence-corrected chi connectivity index (χ4v) is 1.73. The van der Waals surface area contributed by atoms with Gasteiger partial charge in [-0.2, -0.15) is 0 Å². The van der Waals surface area contributed by atoms with Crippen molar-refractivity contribution in [3.63, 3.8) is 0 Å². The van der Waals surface area contributed by atoms with Gasteiger partial charge in [-0.25, -0.2) is 0 Å². The van der Waals surface area contributed by atoms with Crippen molar-refractivity contribution in [3.8, 4) is 0 Å². The summed E-state index contributed by atoms with van der Waals surface area (Å²) in [5, 5.41) is 3.78. The third kappa shape index (κ3) is 4.04. The second-order valence-corrected chi connectivity index (χ2v) is 4.23. The lowest BCUT2D eigenvalue weighted by Gasteiger charge is -2.20. The Morgan fingerprint density at radius 2 is 1.67 bits per heavy atom. The number of amides is 1. The van der Waals surface area contributed by atoms with E-state index in [1.54, 1.807) is 6.92 Å². The number of nitrogens with zero attached hydrogens (tertiary/aromatic N) is 2. The van der Waals surface area contributed by atoms with Gasteiger partial charge in [0.25, 0.3) is 5.91 Å². The van der Waals surface area contributed by atoms with Crippen molar-refractivity contribution < 1.29 is 28.4 Å². The van der Waals surface area contributed by atoms with Gasteiger partial charge in [-0.15, -0.1) is 0 Å². The highest BCUT2D eigenvalue weighted by atomic mass is 16.5. The normalized spacial score (nSPS) is 10.1. The molecule has 116 valence electrons. The van der Waals surface area contributed by atoms with E-state index in [9.17, 15) is 14.4 Å². The van der Waals surface area contributed by atoms with Crippen molar-refractivity contribution in [2.75, 3.05) is 27.3 Å². The lowest BCUT2D eigenvalue weighted by atomic mass is 10.1. The van der Waals surface area contributed by atoms with Crippen molar-refractivity contribution in [2.45, 2.75) is 20.3 Å². The van der Waals surface area contributed by atoms with Crippen LogP contribution in [-0.4, -0.2) is 55.2 Å². The number of methoxy groups -OCH3 is 2. The zero-order valence-corrected chi connectivity index (χ0v) is 12.5. The lowest BCUT2D eigenvalue weighted by Crippen LogP contribution is -2.40. The van der Waals surface area contributed by atoms with Crippen LogP contribution in [0.5, 0.6) is 0 Å². The lowest BCUT2D eigenvalue weighted by molar-refractivity contribution is -0.144. The Hall–Kier alpha value is -2.38. The maximum Gasteiger partial charge on any atom is 0.325 e. The molecule has 0 N–H and O–H groups in total. The molecule has 1 aromatic rings. The van der Waals surface area contributed by atoms with E-state index in [1.807, 2.05) is 6.92 Å². The molecule has 21 heavy (non-hydrogen) atoms. The van der Waals surface area contributed by atoms with E-state index in [4.69, 9.17) is 4.52 Å². The average Bonchev–Trinajstić information content (AvgIpc) is 2.86. The number of ether oxygens (including phenoxy) is 2. The highest BCUT2D eigenvalue weighted by molar-refractivity contribution is 5.99. The molecule has 1 heterocycles. The summed E-state index contributed by atoms with van der Waals surface area (Å²) >= 11 is 0. The highest BCUT2D eigenvalue weighted by Gasteiger charge is 2.27. The number of carbonyl (C=O) groups is 3. The van der Waals surface area contributed by atoms with E-state index >= 15 is 0 Å². The third-order valence-electron chi connectivity index (χ3n) is 2.86. The first-order valence-electron chi connectivity index (χ1n) is 6.32. The zero-order valence-electron chi connectivity index (χ0n) is 12.5. The molecule has 0 saturated carbocycles. The predicted molar refractivity (Wildman–Crippen MR) is 70.6 cm³/mol. The van der Waals surface area contributed by atoms with Crippen molar-refractivity contribution in [1.82, 2.24) is 10.1 Å². The smallest absolute Gasteiger partial charge is 0.325 e. The third-order valence-corrected chi connectivity index (χ3v) is 2.86. The van der Waals surface area contributed by atoms with E-state index in [1.165, 1.54) is 14.2 Å². The van der Waals surface area contributed by atoms with Crippen LogP contribution in [0, 0.1) is 6.92 Å². The zero-order chi connectivity index (χ0) is 16.0. The summed E-state index contributed by atoms with van der Waals surface area (Å²) < 4.78 is 14.0. The average molecular weight is 298 g/mol. The summed E-state index contributed by atoms with van der Waals surface area (Å²) in [6.45, 7) is 2.68. The summed E-state index contributed by atoms with van der Waals surface area (Å²) in [7, 11) is 2.40. The van der Waals surface area contributed by atoms with E-state index in [-0.39, 0.29) is 18.7 Å². The number of aromatic nitrogens is 1. The molecule has 0 unspecified atom stereocenters. The molecule has 0 aliphatic carbocycles. The first-order chi connectivity index (χ1) is 9.94. The van der Waals surface area contributed by atoms with Crippen molar-refractivity contribution >= 4 is 17.8 Å². The molecule has 0 aliphatic rings. The van der Waals surface area contributed by atoms with Crippen LogP contribution in [0.3, 0.4) is 0 Å². The van der Waals surface area contributed by atoms with E-state index < -0.39 is 17.8 Å². The highest BCUT2D eigenvalue weighted by Crippen LogP contribution is 2.16. The van der Waals surface area contributed by atoms with Crippen LogP contribution in [0.1, 0.15) is 28.7 Å². The molecule has 0 saturated heterocycles. The molecule has 0 spiro atoms. The molecule has 0 radical (unpaired) electrons. The maximum absolute atomic E-state index is 12.5. The number of esters is 2. The topological polar surface area (TPSA) is 98.9 Å². The fourth-order valence-electron chi connectivity index (χ4n) is 1.73. The number of aryl methyl sites for hydroxylation is 2. The summed E-state index contributed by atoms with van der Waals surface area (Å²) in [6, 6.07) is 0. The van der Waals surface area contributed by atoms with Crippen molar-refractivity contribution in [2.24, 2.45) is 0 Å². The molecule has 0 fully saturated rings. The van der Waals surface area contributed by atoms with Gasteiger partial charge in [0.15, 0.2) is 0 Å². The Morgan fingerprint density at radius 3 is 2.10 bits per heavy atom. The predicted octanol–water partition coefficient (Wildman–Crippen LogP) is 0.334. The van der Waals surface area contributed by atoms with Gasteiger partial charge in [-0.05, 0) is 13.3 Å². The van der Waals surface area contributed by atoms with Crippen molar-refractivity contribution in [1.29, 1.82) is 0 Å². The molecule has 0 atom stereocenters. The Bertz CT molecular complexity index is 519. The monoisotopic (exact) mass is 298 g/mol. The molecule has 8 nitrogen and oxygen atoms in total. The van der Waals surface area contributed by atoms with Gasteiger partial charge in [0.05, 0.1) is 19.9 Å². The maximum atomic E-state index is 12.5. The number of hydrogen-bond acceptors (Lipinski definition) is 7. The summed E-state index contributed by atoms with van der Waals surface area (Å²) in [5.74, 6) is -1.48. The standard InChI is InChI=1S/C13H18N2O6/c1-5-9-12(8(2)21-14-9)13(18)15(6-10(16)19-3)7-11(17)20-4/h5-7H2,1-4H3. The van der Waals surface area contributed by atoms with E-state index in [0.29, 0.717) is 17.9 Å². The number of carbonyl (C=O) groups excluding carboxylic acids is 3. The second-order valence-electron chi connectivity index (χ2n) is 4.23. The summed E-state index contributed by atoms with van der Waals surface area (Å²) in [5.41, 5.74) is 0.725. The molecule has 8 heteroatoms. The molecule has 0 aliphatic heterocycles. The minimum absolute atomic E-state index is 0.255. The first kappa shape index (κ1) is 16.7. The van der Waals surface area contributed by atoms with Crippen LogP contribution < -0.4 is 0 Å². The number of rotatable bonds is 6. The Kier molecular flexibility index (Phi) is 5.89. The Balaban J connectivity index is 3.05. The van der Waals surface area contributed by atoms with Gasteiger partial charge >= 0.3 is 11.9 Å². The van der Waals surface area contributed by atoms with Gasteiger partial charge in [0.1, 0.15) is 24.4 Å². The molecule has 1 aromatic heterocycles. The minimum atomic E-state index is -0.639. The van der Waals surface area contributed by atoms with Crippen LogP contribution in [-0.2, 0) is 25.5 Å². The summed E-state index contributed by atoms with van der Waals surface area (Å²) in [4.78, 5) is 36.4.